The van der Waals surface area contributed by atoms with Crippen LogP contribution in [0.15, 0.2) is 0 Å². The first-order valence-electron chi connectivity index (χ1n) is 7.57. The minimum absolute atomic E-state index is 0. The van der Waals surface area contributed by atoms with Crippen molar-refractivity contribution in [2.24, 2.45) is 0 Å². The Morgan fingerprint density at radius 1 is 0.667 bits per heavy atom. The molecule has 10 radical (unpaired) electrons. The summed E-state index contributed by atoms with van der Waals surface area (Å²) in [7, 11) is 0. The Morgan fingerprint density at radius 2 is 0.857 bits per heavy atom. The summed E-state index contributed by atoms with van der Waals surface area (Å²) in [5.41, 5.74) is 0. The largest absolute Gasteiger partial charge is 2.00 e. The van der Waals surface area contributed by atoms with Crippen LogP contribution in [0, 0.1) is 77.0 Å². The normalized spacial score (nSPS) is 17.4. The first kappa shape index (κ1) is 26.8. The van der Waals surface area contributed by atoms with Gasteiger partial charge in [0, 0.05) is 0 Å². The van der Waals surface area contributed by atoms with E-state index in [1.165, 1.54) is 24.7 Å². The predicted octanol–water partition coefficient (Wildman–Crippen LogP) is 6.06. The van der Waals surface area contributed by atoms with Crippen molar-refractivity contribution in [3.8, 4) is 0 Å². The van der Waals surface area contributed by atoms with Crippen LogP contribution in [0.4, 0.5) is 0 Å². The summed E-state index contributed by atoms with van der Waals surface area (Å²) in [5, 5.41) is 0. The molecule has 0 heterocycles. The van der Waals surface area contributed by atoms with Gasteiger partial charge in [-0.15, -0.1) is 0 Å². The van der Waals surface area contributed by atoms with Crippen molar-refractivity contribution in [2.75, 3.05) is 0 Å². The number of hydrogen-bond acceptors (Lipinski definition) is 0. The predicted molar refractivity (Wildman–Crippen MR) is 92.8 cm³/mol. The van der Waals surface area contributed by atoms with Gasteiger partial charge in [-0.05, 0) is 63.2 Å². The summed E-state index contributed by atoms with van der Waals surface area (Å²) in [6.45, 7) is 15.6. The molecule has 2 fully saturated rings. The standard InChI is InChI=1S/2C6H7.2C4H9.Zr/c2*1-6-4-2-3-5-6;2*1-3-4-2;/h2*2-5H,1H3;2*1,3-4H2,2H3;/q;;2*-1;+2. The Labute approximate surface area is 156 Å². The van der Waals surface area contributed by atoms with E-state index in [1.54, 1.807) is 0 Å². The molecular weight excluding hydrogens is 331 g/mol. The minimum atomic E-state index is 0. The number of rotatable bonds is 2. The van der Waals surface area contributed by atoms with Crippen molar-refractivity contribution in [3.63, 3.8) is 0 Å². The van der Waals surface area contributed by atoms with E-state index >= 15 is 0 Å². The molecule has 0 aromatic heterocycles. The van der Waals surface area contributed by atoms with Crippen molar-refractivity contribution in [1.82, 2.24) is 0 Å². The smallest absolute Gasteiger partial charge is 0.343 e. The van der Waals surface area contributed by atoms with Crippen LogP contribution in [0.3, 0.4) is 0 Å². The minimum Gasteiger partial charge on any atom is -0.343 e. The van der Waals surface area contributed by atoms with Gasteiger partial charge in [0.25, 0.3) is 0 Å². The Bertz CT molecular complexity index is 122. The van der Waals surface area contributed by atoms with Gasteiger partial charge >= 0.3 is 26.2 Å². The van der Waals surface area contributed by atoms with E-state index < -0.39 is 0 Å². The van der Waals surface area contributed by atoms with Crippen LogP contribution in [0.1, 0.15) is 53.4 Å². The second kappa shape index (κ2) is 23.2. The summed E-state index contributed by atoms with van der Waals surface area (Å²) in [4.78, 5) is 0. The van der Waals surface area contributed by atoms with Crippen molar-refractivity contribution in [3.05, 3.63) is 77.0 Å². The van der Waals surface area contributed by atoms with Crippen molar-refractivity contribution in [1.29, 1.82) is 0 Å². The van der Waals surface area contributed by atoms with Gasteiger partial charge in [0.15, 0.2) is 0 Å². The van der Waals surface area contributed by atoms with Gasteiger partial charge < -0.3 is 13.8 Å². The van der Waals surface area contributed by atoms with Crippen molar-refractivity contribution >= 4 is 0 Å². The third-order valence-electron chi connectivity index (χ3n) is 2.37. The molecule has 2 saturated carbocycles. The topological polar surface area (TPSA) is 0 Å². The average molecular weight is 364 g/mol. The molecule has 2 aliphatic rings. The second-order valence-electron chi connectivity index (χ2n) is 4.63. The molecule has 0 unspecified atom stereocenters. The van der Waals surface area contributed by atoms with Crippen LogP contribution in [-0.2, 0) is 26.2 Å². The van der Waals surface area contributed by atoms with E-state index in [4.69, 9.17) is 0 Å². The molecule has 0 aliphatic heterocycles. The molecule has 0 atom stereocenters. The summed E-state index contributed by atoms with van der Waals surface area (Å²) in [6, 6.07) is 0. The SMILES string of the molecule is C[C]1[CH][CH][CH][CH]1.C[C]1[CH][CH][CH][CH]1.[CH2-]CCC.[CH2-]CCC.[Zr+2]. The van der Waals surface area contributed by atoms with E-state index in [2.05, 4.69) is 67.2 Å². The quantitative estimate of drug-likeness (QED) is 0.523. The Kier molecular flexibility index (Phi) is 29.5. The first-order valence-corrected chi connectivity index (χ1v) is 7.57. The fraction of sp³-hybridized carbons (Fsp3) is 0.400. The molecule has 21 heavy (non-hydrogen) atoms. The zero-order chi connectivity index (χ0) is 15.6. The van der Waals surface area contributed by atoms with Gasteiger partial charge in [-0.3, -0.25) is 0 Å². The summed E-state index contributed by atoms with van der Waals surface area (Å²) in [6.07, 6.45) is 21.0. The number of unbranched alkanes of at least 4 members (excludes halogenated alkanes) is 2. The van der Waals surface area contributed by atoms with Gasteiger partial charge in [-0.1, -0.05) is 40.5 Å². The molecule has 2 aliphatic carbocycles. The Hall–Kier alpha value is 0.883. The third-order valence-corrected chi connectivity index (χ3v) is 2.37. The summed E-state index contributed by atoms with van der Waals surface area (Å²) in [5.74, 6) is 2.69. The molecule has 116 valence electrons. The molecule has 0 aromatic rings. The molecule has 0 N–H and O–H groups in total. The van der Waals surface area contributed by atoms with Crippen LogP contribution >= 0.6 is 0 Å². The first-order chi connectivity index (χ1) is 9.62. The maximum Gasteiger partial charge on any atom is 2.00 e. The van der Waals surface area contributed by atoms with Gasteiger partial charge in [-0.25, -0.2) is 0 Å². The van der Waals surface area contributed by atoms with E-state index in [0.717, 1.165) is 12.8 Å². The molecular formula is C20H32Zr. The van der Waals surface area contributed by atoms with Crippen molar-refractivity contribution in [2.45, 2.75) is 53.4 Å². The van der Waals surface area contributed by atoms with Gasteiger partial charge in [0.1, 0.15) is 0 Å². The van der Waals surface area contributed by atoms with Gasteiger partial charge in [0.05, 0.1) is 0 Å². The fourth-order valence-corrected chi connectivity index (χ4v) is 0.940. The average Bonchev–Trinajstić information content (AvgIpc) is 3.13. The van der Waals surface area contributed by atoms with E-state index in [0.29, 0.717) is 0 Å². The second-order valence-corrected chi connectivity index (χ2v) is 4.63. The van der Waals surface area contributed by atoms with Crippen LogP contribution in [0.5, 0.6) is 0 Å². The fourth-order valence-electron chi connectivity index (χ4n) is 0.940. The maximum absolute atomic E-state index is 3.60. The zero-order valence-corrected chi connectivity index (χ0v) is 16.8. The van der Waals surface area contributed by atoms with Crippen LogP contribution in [0.25, 0.3) is 0 Å². The Morgan fingerprint density at radius 3 is 0.905 bits per heavy atom. The molecule has 1 heteroatoms. The van der Waals surface area contributed by atoms with E-state index in [-0.39, 0.29) is 26.2 Å². The van der Waals surface area contributed by atoms with E-state index in [1.807, 2.05) is 25.7 Å². The monoisotopic (exact) mass is 362 g/mol. The summed E-state index contributed by atoms with van der Waals surface area (Å²) < 4.78 is 0. The summed E-state index contributed by atoms with van der Waals surface area (Å²) >= 11 is 0. The molecule has 0 spiro atoms. The van der Waals surface area contributed by atoms with Crippen molar-refractivity contribution < 1.29 is 26.2 Å². The Balaban J connectivity index is -0.000000208. The molecule has 0 nitrogen and oxygen atoms in total. The molecule has 0 bridgehead atoms. The third kappa shape index (κ3) is 26.1. The molecule has 0 saturated heterocycles. The molecule has 0 aromatic carbocycles. The molecule has 2 rings (SSSR count). The van der Waals surface area contributed by atoms with Crippen LogP contribution in [0.2, 0.25) is 0 Å². The van der Waals surface area contributed by atoms with Gasteiger partial charge in [0.2, 0.25) is 0 Å². The number of hydrogen-bond donors (Lipinski definition) is 0. The zero-order valence-electron chi connectivity index (χ0n) is 14.4. The van der Waals surface area contributed by atoms with Gasteiger partial charge in [-0.2, -0.15) is 12.8 Å². The van der Waals surface area contributed by atoms with Crippen LogP contribution < -0.4 is 0 Å². The van der Waals surface area contributed by atoms with E-state index in [9.17, 15) is 0 Å². The molecule has 0 amide bonds. The van der Waals surface area contributed by atoms with Crippen LogP contribution in [-0.4, -0.2) is 0 Å². The maximum atomic E-state index is 3.60.